The Morgan fingerprint density at radius 1 is 1.20 bits per heavy atom. The molecule has 130 valence electrons. The van der Waals surface area contributed by atoms with Crippen molar-refractivity contribution in [3.05, 3.63) is 59.5 Å². The van der Waals surface area contributed by atoms with Gasteiger partial charge < -0.3 is 14.3 Å². The second kappa shape index (κ2) is 6.79. The number of nitrogens with one attached hydrogen (secondary N) is 1. The molecule has 0 aliphatic heterocycles. The van der Waals surface area contributed by atoms with Crippen molar-refractivity contribution in [2.24, 2.45) is 0 Å². The summed E-state index contributed by atoms with van der Waals surface area (Å²) in [6, 6.07) is 12.5. The number of aromatic nitrogens is 1. The Bertz CT molecular complexity index is 884. The molecule has 4 nitrogen and oxygen atoms in total. The van der Waals surface area contributed by atoms with Crippen LogP contribution in [0.1, 0.15) is 53.7 Å². The van der Waals surface area contributed by atoms with Gasteiger partial charge in [-0.3, -0.25) is 4.79 Å². The van der Waals surface area contributed by atoms with Gasteiger partial charge in [-0.15, -0.1) is 0 Å². The van der Waals surface area contributed by atoms with E-state index in [-0.39, 0.29) is 5.91 Å². The van der Waals surface area contributed by atoms with E-state index in [0.717, 1.165) is 23.9 Å². The lowest BCUT2D eigenvalue weighted by Crippen LogP contribution is -2.37. The first-order valence-corrected chi connectivity index (χ1v) is 9.14. The molecule has 0 spiro atoms. The molecule has 1 N–H and O–H groups in total. The second-order valence-electron chi connectivity index (χ2n) is 7.08. The quantitative estimate of drug-likeness (QED) is 0.753. The van der Waals surface area contributed by atoms with Crippen molar-refractivity contribution >= 4 is 17.0 Å². The topological polar surface area (TPSA) is 47.2 Å². The van der Waals surface area contributed by atoms with Gasteiger partial charge in [0.15, 0.2) is 5.58 Å². The summed E-state index contributed by atoms with van der Waals surface area (Å²) in [7, 11) is 0. The zero-order valence-corrected chi connectivity index (χ0v) is 14.6. The van der Waals surface area contributed by atoms with Gasteiger partial charge in [-0.05, 0) is 25.3 Å². The zero-order chi connectivity index (χ0) is 17.2. The predicted octanol–water partition coefficient (Wildman–Crippen LogP) is 4.65. The summed E-state index contributed by atoms with van der Waals surface area (Å²) < 4.78 is 7.60. The molecule has 2 heterocycles. The van der Waals surface area contributed by atoms with E-state index in [9.17, 15) is 4.79 Å². The molecule has 1 fully saturated rings. The smallest absolute Gasteiger partial charge is 0.268 e. The van der Waals surface area contributed by atoms with E-state index < -0.39 is 0 Å². The number of benzene rings is 1. The molecule has 1 amide bonds. The predicted molar refractivity (Wildman–Crippen MR) is 98.8 cm³/mol. The molecule has 1 aliphatic rings. The number of fused-ring (bicyclic) bond motifs is 1. The second-order valence-corrected chi connectivity index (χ2v) is 7.08. The number of carbonyl (C=O) groups is 1. The maximum absolute atomic E-state index is 12.9. The van der Waals surface area contributed by atoms with Gasteiger partial charge in [0.2, 0.25) is 0 Å². The van der Waals surface area contributed by atoms with Gasteiger partial charge in [0.05, 0.1) is 11.8 Å². The Hall–Kier alpha value is -2.49. The summed E-state index contributed by atoms with van der Waals surface area (Å²) in [5, 5.41) is 3.22. The highest BCUT2D eigenvalue weighted by Gasteiger charge is 2.21. The Kier molecular flexibility index (Phi) is 4.35. The van der Waals surface area contributed by atoms with Gasteiger partial charge in [0.1, 0.15) is 5.69 Å². The molecule has 1 aromatic carbocycles. The van der Waals surface area contributed by atoms with Gasteiger partial charge in [0, 0.05) is 24.7 Å². The van der Waals surface area contributed by atoms with Gasteiger partial charge in [0.25, 0.3) is 5.91 Å². The van der Waals surface area contributed by atoms with Crippen LogP contribution < -0.4 is 5.32 Å². The Morgan fingerprint density at radius 2 is 2.04 bits per heavy atom. The van der Waals surface area contributed by atoms with Crippen molar-refractivity contribution in [2.45, 2.75) is 51.6 Å². The molecule has 0 unspecified atom stereocenters. The molecule has 0 atom stereocenters. The largest absolute Gasteiger partial charge is 0.463 e. The zero-order valence-electron chi connectivity index (χ0n) is 14.6. The minimum atomic E-state index is 0.00551. The minimum Gasteiger partial charge on any atom is -0.463 e. The lowest BCUT2D eigenvalue weighted by atomic mass is 9.95. The fraction of sp³-hybridized carbons (Fsp3) is 0.381. The fourth-order valence-electron chi connectivity index (χ4n) is 3.83. The van der Waals surface area contributed by atoms with Crippen molar-refractivity contribution in [3.8, 4) is 0 Å². The molecular formula is C21H24N2O2. The van der Waals surface area contributed by atoms with Crippen LogP contribution in [-0.2, 0) is 6.54 Å². The highest BCUT2D eigenvalue weighted by Crippen LogP contribution is 2.24. The van der Waals surface area contributed by atoms with Crippen LogP contribution in [0, 0.1) is 6.92 Å². The third-order valence-electron chi connectivity index (χ3n) is 5.12. The van der Waals surface area contributed by atoms with Gasteiger partial charge in [-0.2, -0.15) is 0 Å². The fourth-order valence-corrected chi connectivity index (χ4v) is 3.83. The number of carbonyl (C=O) groups excluding carboxylic acids is 1. The average Bonchev–Trinajstić information content (AvgIpc) is 3.19. The first kappa shape index (κ1) is 16.0. The Morgan fingerprint density at radius 3 is 2.84 bits per heavy atom. The molecule has 25 heavy (non-hydrogen) atoms. The van der Waals surface area contributed by atoms with Crippen LogP contribution in [0.2, 0.25) is 0 Å². The molecule has 4 rings (SSSR count). The molecule has 1 saturated carbocycles. The van der Waals surface area contributed by atoms with Crippen LogP contribution in [0.3, 0.4) is 0 Å². The first-order valence-electron chi connectivity index (χ1n) is 9.14. The number of aryl methyl sites for hydroxylation is 1. The molecule has 2 aromatic heterocycles. The molecule has 0 radical (unpaired) electrons. The van der Waals surface area contributed by atoms with Gasteiger partial charge in [-0.25, -0.2) is 0 Å². The van der Waals surface area contributed by atoms with E-state index >= 15 is 0 Å². The minimum absolute atomic E-state index is 0.00551. The standard InChI is InChI=1S/C21H24N2O2/c1-15-6-5-7-16(12-15)14-23-18-10-11-25-20(18)13-19(23)21(24)22-17-8-3-2-4-9-17/h5-7,10-13,17H,2-4,8-9,14H2,1H3,(H,22,24). The molecular weight excluding hydrogens is 312 g/mol. The van der Waals surface area contributed by atoms with E-state index in [0.29, 0.717) is 18.3 Å². The van der Waals surface area contributed by atoms with Gasteiger partial charge in [-0.1, -0.05) is 49.1 Å². The molecule has 4 heteroatoms. The summed E-state index contributed by atoms with van der Waals surface area (Å²) in [6.45, 7) is 2.75. The van der Waals surface area contributed by atoms with E-state index in [4.69, 9.17) is 4.42 Å². The van der Waals surface area contributed by atoms with Crippen molar-refractivity contribution in [2.75, 3.05) is 0 Å². The van der Waals surface area contributed by atoms with E-state index in [1.54, 1.807) is 6.26 Å². The van der Waals surface area contributed by atoms with Crippen LogP contribution in [-0.4, -0.2) is 16.5 Å². The number of amides is 1. The first-order chi connectivity index (χ1) is 12.2. The average molecular weight is 336 g/mol. The summed E-state index contributed by atoms with van der Waals surface area (Å²) in [5.74, 6) is 0.00551. The van der Waals surface area contributed by atoms with E-state index in [1.165, 1.54) is 30.4 Å². The summed E-state index contributed by atoms with van der Waals surface area (Å²) in [6.07, 6.45) is 7.54. The van der Waals surface area contributed by atoms with Crippen molar-refractivity contribution in [1.82, 2.24) is 9.88 Å². The van der Waals surface area contributed by atoms with Crippen LogP contribution in [0.4, 0.5) is 0 Å². The molecule has 3 aromatic rings. The van der Waals surface area contributed by atoms with Crippen LogP contribution in [0.25, 0.3) is 11.1 Å². The Labute approximate surface area is 147 Å². The van der Waals surface area contributed by atoms with Crippen LogP contribution >= 0.6 is 0 Å². The third-order valence-corrected chi connectivity index (χ3v) is 5.12. The number of rotatable bonds is 4. The monoisotopic (exact) mass is 336 g/mol. The SMILES string of the molecule is Cc1cccc(Cn2c(C(=O)NC3CCCCC3)cc3occc32)c1. The van der Waals surface area contributed by atoms with Crippen molar-refractivity contribution < 1.29 is 9.21 Å². The number of nitrogens with zero attached hydrogens (tertiary/aromatic N) is 1. The molecule has 0 bridgehead atoms. The van der Waals surface area contributed by atoms with Crippen LogP contribution in [0.5, 0.6) is 0 Å². The van der Waals surface area contributed by atoms with Crippen LogP contribution in [0.15, 0.2) is 47.1 Å². The lowest BCUT2D eigenvalue weighted by molar-refractivity contribution is 0.0919. The number of hydrogen-bond acceptors (Lipinski definition) is 2. The summed E-state index contributed by atoms with van der Waals surface area (Å²) >= 11 is 0. The number of furan rings is 1. The summed E-state index contributed by atoms with van der Waals surface area (Å²) in [5.41, 5.74) is 4.82. The van der Waals surface area contributed by atoms with Gasteiger partial charge >= 0.3 is 0 Å². The van der Waals surface area contributed by atoms with E-state index in [1.807, 2.05) is 12.1 Å². The molecule has 0 saturated heterocycles. The molecule has 1 aliphatic carbocycles. The highest BCUT2D eigenvalue weighted by atomic mass is 16.3. The summed E-state index contributed by atoms with van der Waals surface area (Å²) in [4.78, 5) is 12.9. The van der Waals surface area contributed by atoms with E-state index in [2.05, 4.69) is 41.1 Å². The normalized spacial score (nSPS) is 15.6. The van der Waals surface area contributed by atoms with Crippen molar-refractivity contribution in [3.63, 3.8) is 0 Å². The maximum atomic E-state index is 12.9. The maximum Gasteiger partial charge on any atom is 0.268 e. The third kappa shape index (κ3) is 3.34. The highest BCUT2D eigenvalue weighted by molar-refractivity contribution is 5.97. The lowest BCUT2D eigenvalue weighted by Gasteiger charge is -2.23. The number of hydrogen-bond donors (Lipinski definition) is 1. The Balaban J connectivity index is 1.63. The van der Waals surface area contributed by atoms with Crippen molar-refractivity contribution in [1.29, 1.82) is 0 Å².